The Morgan fingerprint density at radius 3 is 3.12 bits per heavy atom. The topological polar surface area (TPSA) is 65.9 Å². The van der Waals surface area contributed by atoms with Crippen LogP contribution in [0.5, 0.6) is 0 Å². The standard InChI is InChI=1S/C11H14N4S/c1-8-7-16-3-2-15(8)11-10(13)4-9(5-12)6-14-11/h4,6,8H,2-3,7,13H2,1H3. The Morgan fingerprint density at radius 2 is 2.50 bits per heavy atom. The molecule has 2 heterocycles. The summed E-state index contributed by atoms with van der Waals surface area (Å²) in [5.41, 5.74) is 7.04. The number of nitrogens with zero attached hydrogens (tertiary/aromatic N) is 3. The van der Waals surface area contributed by atoms with Crippen molar-refractivity contribution < 1.29 is 0 Å². The third-order valence-electron chi connectivity index (χ3n) is 2.66. The van der Waals surface area contributed by atoms with Gasteiger partial charge in [-0.05, 0) is 13.0 Å². The number of aromatic nitrogens is 1. The van der Waals surface area contributed by atoms with E-state index in [2.05, 4.69) is 16.8 Å². The lowest BCUT2D eigenvalue weighted by atomic mass is 10.2. The van der Waals surface area contributed by atoms with E-state index in [-0.39, 0.29) is 0 Å². The molecule has 2 N–H and O–H groups in total. The molecule has 1 aliphatic heterocycles. The SMILES string of the molecule is CC1CSCCN1c1ncc(C#N)cc1N. The molecule has 16 heavy (non-hydrogen) atoms. The molecule has 0 bridgehead atoms. The van der Waals surface area contributed by atoms with Gasteiger partial charge < -0.3 is 10.6 Å². The van der Waals surface area contributed by atoms with Crippen molar-refractivity contribution >= 4 is 23.3 Å². The fourth-order valence-electron chi connectivity index (χ4n) is 1.82. The smallest absolute Gasteiger partial charge is 0.152 e. The van der Waals surface area contributed by atoms with Crippen LogP contribution in [0.15, 0.2) is 12.3 Å². The Balaban J connectivity index is 2.29. The van der Waals surface area contributed by atoms with Gasteiger partial charge in [0.1, 0.15) is 6.07 Å². The molecule has 1 aliphatic rings. The summed E-state index contributed by atoms with van der Waals surface area (Å²) in [6.07, 6.45) is 1.58. The molecule has 1 aromatic heterocycles. The van der Waals surface area contributed by atoms with Crippen LogP contribution in [-0.2, 0) is 0 Å². The van der Waals surface area contributed by atoms with E-state index in [0.29, 0.717) is 17.3 Å². The van der Waals surface area contributed by atoms with Gasteiger partial charge in [0.25, 0.3) is 0 Å². The molecule has 1 fully saturated rings. The quantitative estimate of drug-likeness (QED) is 0.797. The third-order valence-corrected chi connectivity index (χ3v) is 3.85. The zero-order chi connectivity index (χ0) is 11.5. The number of nitrogens with two attached hydrogens (primary N) is 1. The molecule has 0 aliphatic carbocycles. The molecule has 0 amide bonds. The van der Waals surface area contributed by atoms with E-state index in [1.165, 1.54) is 0 Å². The highest BCUT2D eigenvalue weighted by molar-refractivity contribution is 7.99. The van der Waals surface area contributed by atoms with E-state index in [1.54, 1.807) is 12.3 Å². The summed E-state index contributed by atoms with van der Waals surface area (Å²) in [6.45, 7) is 3.14. The Morgan fingerprint density at radius 1 is 1.69 bits per heavy atom. The largest absolute Gasteiger partial charge is 0.396 e. The number of anilines is 2. The van der Waals surface area contributed by atoms with Crippen LogP contribution < -0.4 is 10.6 Å². The molecule has 0 radical (unpaired) electrons. The van der Waals surface area contributed by atoms with Gasteiger partial charge in [-0.2, -0.15) is 17.0 Å². The van der Waals surface area contributed by atoms with Crippen molar-refractivity contribution in [2.75, 3.05) is 28.7 Å². The van der Waals surface area contributed by atoms with Crippen LogP contribution in [0.25, 0.3) is 0 Å². The number of rotatable bonds is 1. The van der Waals surface area contributed by atoms with Gasteiger partial charge in [0.15, 0.2) is 5.82 Å². The molecule has 4 nitrogen and oxygen atoms in total. The number of thioether (sulfide) groups is 1. The fourth-order valence-corrected chi connectivity index (χ4v) is 2.83. The van der Waals surface area contributed by atoms with Crippen molar-refractivity contribution in [3.05, 3.63) is 17.8 Å². The zero-order valence-electron chi connectivity index (χ0n) is 9.18. The predicted octanol–water partition coefficient (Wildman–Crippen LogP) is 1.48. The van der Waals surface area contributed by atoms with Gasteiger partial charge in [0, 0.05) is 30.3 Å². The van der Waals surface area contributed by atoms with E-state index in [4.69, 9.17) is 11.0 Å². The molecule has 1 aromatic rings. The summed E-state index contributed by atoms with van der Waals surface area (Å²) in [5.74, 6) is 3.01. The van der Waals surface area contributed by atoms with Gasteiger partial charge in [-0.1, -0.05) is 0 Å². The zero-order valence-corrected chi connectivity index (χ0v) is 10.00. The molecule has 0 spiro atoms. The molecule has 2 rings (SSSR count). The van der Waals surface area contributed by atoms with Crippen LogP contribution in [0.3, 0.4) is 0 Å². The first-order chi connectivity index (χ1) is 7.72. The van der Waals surface area contributed by atoms with Gasteiger partial charge in [-0.25, -0.2) is 4.98 Å². The molecule has 5 heteroatoms. The first-order valence-corrected chi connectivity index (χ1v) is 6.38. The van der Waals surface area contributed by atoms with Crippen molar-refractivity contribution in [1.82, 2.24) is 4.98 Å². The number of nitrogen functional groups attached to an aromatic ring is 1. The lowest BCUT2D eigenvalue weighted by Crippen LogP contribution is -2.41. The average Bonchev–Trinajstić information content (AvgIpc) is 2.30. The normalized spacial score (nSPS) is 20.5. The lowest BCUT2D eigenvalue weighted by Gasteiger charge is -2.34. The number of hydrogen-bond acceptors (Lipinski definition) is 5. The van der Waals surface area contributed by atoms with Crippen molar-refractivity contribution in [3.63, 3.8) is 0 Å². The van der Waals surface area contributed by atoms with Crippen LogP contribution in [0, 0.1) is 11.3 Å². The van der Waals surface area contributed by atoms with Gasteiger partial charge in [0.05, 0.1) is 11.3 Å². The highest BCUT2D eigenvalue weighted by Crippen LogP contribution is 2.27. The molecule has 0 aromatic carbocycles. The minimum atomic E-state index is 0.446. The Hall–Kier alpha value is -1.41. The van der Waals surface area contributed by atoms with Gasteiger partial charge >= 0.3 is 0 Å². The molecule has 1 saturated heterocycles. The highest BCUT2D eigenvalue weighted by Gasteiger charge is 2.21. The highest BCUT2D eigenvalue weighted by atomic mass is 32.2. The summed E-state index contributed by atoms with van der Waals surface area (Å²) in [7, 11) is 0. The van der Waals surface area contributed by atoms with E-state index in [1.807, 2.05) is 17.8 Å². The van der Waals surface area contributed by atoms with Crippen molar-refractivity contribution in [2.45, 2.75) is 13.0 Å². The minimum Gasteiger partial charge on any atom is -0.396 e. The van der Waals surface area contributed by atoms with Crippen LogP contribution in [0.2, 0.25) is 0 Å². The maximum Gasteiger partial charge on any atom is 0.152 e. The van der Waals surface area contributed by atoms with Crippen LogP contribution in [0.1, 0.15) is 12.5 Å². The second kappa shape index (κ2) is 4.62. The van der Waals surface area contributed by atoms with E-state index in [9.17, 15) is 0 Å². The summed E-state index contributed by atoms with van der Waals surface area (Å²) in [6, 6.07) is 4.18. The lowest BCUT2D eigenvalue weighted by molar-refractivity contribution is 0.691. The maximum atomic E-state index is 8.75. The van der Waals surface area contributed by atoms with Crippen LogP contribution >= 0.6 is 11.8 Å². The molecular weight excluding hydrogens is 220 g/mol. The number of pyridine rings is 1. The van der Waals surface area contributed by atoms with E-state index < -0.39 is 0 Å². The number of hydrogen-bond donors (Lipinski definition) is 1. The Labute approximate surface area is 99.5 Å². The summed E-state index contributed by atoms with van der Waals surface area (Å²) < 4.78 is 0. The average molecular weight is 234 g/mol. The summed E-state index contributed by atoms with van der Waals surface area (Å²) in [5, 5.41) is 8.75. The molecule has 0 saturated carbocycles. The van der Waals surface area contributed by atoms with Gasteiger partial charge in [0.2, 0.25) is 0 Å². The van der Waals surface area contributed by atoms with Gasteiger partial charge in [-0.3, -0.25) is 0 Å². The van der Waals surface area contributed by atoms with Crippen LogP contribution in [-0.4, -0.2) is 29.1 Å². The predicted molar refractivity (Wildman–Crippen MR) is 67.5 cm³/mol. The van der Waals surface area contributed by atoms with Crippen molar-refractivity contribution in [3.8, 4) is 6.07 Å². The monoisotopic (exact) mass is 234 g/mol. The summed E-state index contributed by atoms with van der Waals surface area (Å²) >= 11 is 1.95. The second-order valence-corrected chi connectivity index (χ2v) is 5.02. The van der Waals surface area contributed by atoms with E-state index in [0.717, 1.165) is 23.9 Å². The van der Waals surface area contributed by atoms with Gasteiger partial charge in [-0.15, -0.1) is 0 Å². The van der Waals surface area contributed by atoms with E-state index >= 15 is 0 Å². The third kappa shape index (κ3) is 2.07. The first-order valence-electron chi connectivity index (χ1n) is 5.22. The Kier molecular flexibility index (Phi) is 3.20. The van der Waals surface area contributed by atoms with Crippen LogP contribution in [0.4, 0.5) is 11.5 Å². The molecule has 1 unspecified atom stereocenters. The Bertz CT molecular complexity index is 426. The minimum absolute atomic E-state index is 0.446. The fraction of sp³-hybridized carbons (Fsp3) is 0.455. The second-order valence-electron chi connectivity index (χ2n) is 3.87. The molecular formula is C11H14N4S. The first kappa shape index (κ1) is 11.1. The maximum absolute atomic E-state index is 8.75. The number of nitriles is 1. The van der Waals surface area contributed by atoms with Crippen molar-refractivity contribution in [2.24, 2.45) is 0 Å². The summed E-state index contributed by atoms with van der Waals surface area (Å²) in [4.78, 5) is 6.51. The van der Waals surface area contributed by atoms with Crippen molar-refractivity contribution in [1.29, 1.82) is 5.26 Å². The molecule has 84 valence electrons. The molecule has 1 atom stereocenters.